The normalized spacial score (nSPS) is 12.4. The van der Waals surface area contributed by atoms with E-state index < -0.39 is 18.1 Å². The number of carboxylic acid groups (broad SMARTS) is 1. The van der Waals surface area contributed by atoms with Crippen LogP contribution in [0.15, 0.2) is 42.5 Å². The summed E-state index contributed by atoms with van der Waals surface area (Å²) < 4.78 is 5.10. The topological polar surface area (TPSA) is 75.6 Å². The van der Waals surface area contributed by atoms with E-state index in [0.29, 0.717) is 0 Å². The Bertz CT molecular complexity index is 719. The van der Waals surface area contributed by atoms with Crippen LogP contribution < -0.4 is 5.32 Å². The number of thiophene rings is 1. The largest absolute Gasteiger partial charge is 0.480 e. The lowest BCUT2D eigenvalue weighted by Gasteiger charge is -2.16. The summed E-state index contributed by atoms with van der Waals surface area (Å²) >= 11 is 1.57. The predicted molar refractivity (Wildman–Crippen MR) is 97.9 cm³/mol. The van der Waals surface area contributed by atoms with Gasteiger partial charge in [-0.15, -0.1) is 11.3 Å². The maximum atomic E-state index is 11.9. The van der Waals surface area contributed by atoms with Crippen molar-refractivity contribution in [1.82, 2.24) is 5.32 Å². The highest BCUT2D eigenvalue weighted by atomic mass is 32.1. The van der Waals surface area contributed by atoms with Crippen molar-refractivity contribution >= 4 is 23.4 Å². The van der Waals surface area contributed by atoms with Crippen LogP contribution in [0, 0.1) is 0 Å². The zero-order chi connectivity index (χ0) is 18.4. The first-order chi connectivity index (χ1) is 11.8. The number of aliphatic carboxylic acids is 1. The molecule has 1 amide bonds. The minimum atomic E-state index is -1.08. The zero-order valence-corrected chi connectivity index (χ0v) is 15.4. The van der Waals surface area contributed by atoms with Gasteiger partial charge in [-0.1, -0.05) is 51.1 Å². The molecule has 2 N–H and O–H groups in total. The van der Waals surface area contributed by atoms with E-state index >= 15 is 0 Å². The number of hydrogen-bond acceptors (Lipinski definition) is 4. The smallest absolute Gasteiger partial charge is 0.408 e. The van der Waals surface area contributed by atoms with Crippen molar-refractivity contribution in [3.8, 4) is 0 Å². The fraction of sp³-hybridized carbons (Fsp3) is 0.368. The first kappa shape index (κ1) is 19.0. The lowest BCUT2D eigenvalue weighted by molar-refractivity contribution is -0.139. The van der Waals surface area contributed by atoms with Crippen molar-refractivity contribution < 1.29 is 19.4 Å². The van der Waals surface area contributed by atoms with Gasteiger partial charge in [0.2, 0.25) is 0 Å². The summed E-state index contributed by atoms with van der Waals surface area (Å²) in [6.07, 6.45) is -0.500. The van der Waals surface area contributed by atoms with Gasteiger partial charge in [-0.2, -0.15) is 0 Å². The number of alkyl carbamates (subject to hydrolysis) is 1. The van der Waals surface area contributed by atoms with Gasteiger partial charge in [0.05, 0.1) is 0 Å². The SMILES string of the molecule is CC(C)(C)c1ccc(CC(NC(=O)OCc2ccccc2)C(=O)O)s1. The molecule has 1 aromatic carbocycles. The minimum absolute atomic E-state index is 0.0175. The molecular formula is C19H23NO4S. The molecular weight excluding hydrogens is 338 g/mol. The van der Waals surface area contributed by atoms with E-state index in [-0.39, 0.29) is 18.4 Å². The predicted octanol–water partition coefficient (Wildman–Crippen LogP) is 3.97. The van der Waals surface area contributed by atoms with Crippen molar-refractivity contribution in [2.75, 3.05) is 0 Å². The third-order valence-corrected chi connectivity index (χ3v) is 5.14. The molecule has 25 heavy (non-hydrogen) atoms. The molecule has 1 aromatic heterocycles. The van der Waals surface area contributed by atoms with Gasteiger partial charge >= 0.3 is 12.1 Å². The van der Waals surface area contributed by atoms with Crippen molar-refractivity contribution in [1.29, 1.82) is 0 Å². The van der Waals surface area contributed by atoms with E-state index in [1.807, 2.05) is 42.5 Å². The van der Waals surface area contributed by atoms with Gasteiger partial charge in [0.15, 0.2) is 0 Å². The molecule has 5 nitrogen and oxygen atoms in total. The van der Waals surface area contributed by atoms with Crippen LogP contribution in [-0.2, 0) is 28.0 Å². The van der Waals surface area contributed by atoms with Crippen LogP contribution in [0.2, 0.25) is 0 Å². The second-order valence-electron chi connectivity index (χ2n) is 6.82. The van der Waals surface area contributed by atoms with Gasteiger partial charge < -0.3 is 15.2 Å². The highest BCUT2D eigenvalue weighted by Crippen LogP contribution is 2.30. The quantitative estimate of drug-likeness (QED) is 0.816. The number of rotatable bonds is 6. The van der Waals surface area contributed by atoms with Crippen molar-refractivity contribution in [2.45, 2.75) is 45.3 Å². The summed E-state index contributed by atoms with van der Waals surface area (Å²) in [6.45, 7) is 6.43. The fourth-order valence-corrected chi connectivity index (χ4v) is 3.31. The van der Waals surface area contributed by atoms with Crippen LogP contribution >= 0.6 is 11.3 Å². The standard InChI is InChI=1S/C19H23NO4S/c1-19(2,3)16-10-9-14(25-16)11-15(17(21)22)20-18(23)24-12-13-7-5-4-6-8-13/h4-10,15H,11-12H2,1-3H3,(H,20,23)(H,21,22). The molecule has 0 saturated heterocycles. The Morgan fingerprint density at radius 3 is 2.40 bits per heavy atom. The second kappa shape index (κ2) is 8.16. The fourth-order valence-electron chi connectivity index (χ4n) is 2.20. The summed E-state index contributed by atoms with van der Waals surface area (Å²) in [4.78, 5) is 25.4. The molecule has 6 heteroatoms. The third kappa shape index (κ3) is 5.90. The van der Waals surface area contributed by atoms with E-state index in [0.717, 1.165) is 10.4 Å². The summed E-state index contributed by atoms with van der Waals surface area (Å²) in [5, 5.41) is 11.8. The van der Waals surface area contributed by atoms with E-state index in [1.165, 1.54) is 4.88 Å². The molecule has 1 heterocycles. The van der Waals surface area contributed by atoms with Gasteiger partial charge in [-0.05, 0) is 23.1 Å². The molecule has 0 saturated carbocycles. The summed E-state index contributed by atoms with van der Waals surface area (Å²) in [5.74, 6) is -1.08. The lowest BCUT2D eigenvalue weighted by atomic mass is 9.95. The molecule has 1 atom stereocenters. The van der Waals surface area contributed by atoms with Gasteiger partial charge in [0.25, 0.3) is 0 Å². The van der Waals surface area contributed by atoms with E-state index in [9.17, 15) is 14.7 Å². The zero-order valence-electron chi connectivity index (χ0n) is 14.6. The van der Waals surface area contributed by atoms with Gasteiger partial charge in [-0.25, -0.2) is 9.59 Å². The Hall–Kier alpha value is -2.34. The lowest BCUT2D eigenvalue weighted by Crippen LogP contribution is -2.42. The number of amides is 1. The molecule has 0 fully saturated rings. The monoisotopic (exact) mass is 361 g/mol. The molecule has 0 bridgehead atoms. The Kier molecular flexibility index (Phi) is 6.20. The number of hydrogen-bond donors (Lipinski definition) is 2. The summed E-state index contributed by atoms with van der Waals surface area (Å²) in [6, 6.07) is 12.1. The number of carbonyl (C=O) groups excluding carboxylic acids is 1. The third-order valence-electron chi connectivity index (χ3n) is 3.61. The van der Waals surface area contributed by atoms with Crippen LogP contribution in [0.25, 0.3) is 0 Å². The maximum absolute atomic E-state index is 11.9. The van der Waals surface area contributed by atoms with Crippen molar-refractivity contribution in [2.24, 2.45) is 0 Å². The van der Waals surface area contributed by atoms with Crippen LogP contribution in [0.4, 0.5) is 4.79 Å². The molecule has 0 aliphatic rings. The van der Waals surface area contributed by atoms with E-state index in [4.69, 9.17) is 4.74 Å². The molecule has 1 unspecified atom stereocenters. The average Bonchev–Trinajstić information content (AvgIpc) is 3.02. The van der Waals surface area contributed by atoms with E-state index in [1.54, 1.807) is 11.3 Å². The van der Waals surface area contributed by atoms with Gasteiger partial charge in [0, 0.05) is 16.2 Å². The number of carboxylic acids is 1. The van der Waals surface area contributed by atoms with Crippen LogP contribution in [0.5, 0.6) is 0 Å². The van der Waals surface area contributed by atoms with Crippen molar-refractivity contribution in [3.05, 3.63) is 57.8 Å². The molecule has 2 aromatic rings. The number of ether oxygens (including phenoxy) is 1. The van der Waals surface area contributed by atoms with Crippen molar-refractivity contribution in [3.63, 3.8) is 0 Å². The Labute approximate surface area is 151 Å². The van der Waals surface area contributed by atoms with Gasteiger partial charge in [0.1, 0.15) is 12.6 Å². The van der Waals surface area contributed by atoms with Crippen LogP contribution in [-0.4, -0.2) is 23.2 Å². The number of carbonyl (C=O) groups is 2. The minimum Gasteiger partial charge on any atom is -0.480 e. The number of benzene rings is 1. The Balaban J connectivity index is 1.93. The highest BCUT2D eigenvalue weighted by molar-refractivity contribution is 7.12. The number of nitrogens with one attached hydrogen (secondary N) is 1. The van der Waals surface area contributed by atoms with Crippen LogP contribution in [0.1, 0.15) is 36.1 Å². The average molecular weight is 361 g/mol. The summed E-state index contributed by atoms with van der Waals surface area (Å²) in [5.41, 5.74) is 0.863. The van der Waals surface area contributed by atoms with Crippen LogP contribution in [0.3, 0.4) is 0 Å². The first-order valence-corrected chi connectivity index (χ1v) is 8.86. The maximum Gasteiger partial charge on any atom is 0.408 e. The molecule has 0 spiro atoms. The molecule has 2 rings (SSSR count). The first-order valence-electron chi connectivity index (χ1n) is 8.05. The Morgan fingerprint density at radius 2 is 1.84 bits per heavy atom. The molecule has 134 valence electrons. The Morgan fingerprint density at radius 1 is 1.16 bits per heavy atom. The molecule has 0 aliphatic carbocycles. The van der Waals surface area contributed by atoms with Gasteiger partial charge in [-0.3, -0.25) is 0 Å². The summed E-state index contributed by atoms with van der Waals surface area (Å²) in [7, 11) is 0. The highest BCUT2D eigenvalue weighted by Gasteiger charge is 2.23. The van der Waals surface area contributed by atoms with E-state index in [2.05, 4.69) is 26.1 Å². The molecule has 0 aliphatic heterocycles. The molecule has 0 radical (unpaired) electrons. The second-order valence-corrected chi connectivity index (χ2v) is 7.99.